The Morgan fingerprint density at radius 3 is 3.06 bits per heavy atom. The number of nitrogens with one attached hydrogen (secondary N) is 1. The van der Waals surface area contributed by atoms with Crippen molar-refractivity contribution < 1.29 is 8.81 Å². The minimum atomic E-state index is -0.386. The molecule has 0 amide bonds. The molecule has 1 aromatic carbocycles. The number of hydrogen-bond acceptors (Lipinski definition) is 3. The summed E-state index contributed by atoms with van der Waals surface area (Å²) >= 11 is 5.84. The lowest BCUT2D eigenvalue weighted by molar-refractivity contribution is 0.559. The molecule has 0 spiro atoms. The Labute approximate surface area is 109 Å². The highest BCUT2D eigenvalue weighted by molar-refractivity contribution is 6.30. The maximum absolute atomic E-state index is 13.6. The van der Waals surface area contributed by atoms with Gasteiger partial charge in [0.1, 0.15) is 12.1 Å². The Morgan fingerprint density at radius 1 is 1.44 bits per heavy atom. The maximum Gasteiger partial charge on any atom is 0.229 e. The van der Waals surface area contributed by atoms with Crippen LogP contribution in [0.3, 0.4) is 0 Å². The minimum absolute atomic E-state index is 0.266. The highest BCUT2D eigenvalue weighted by Gasteiger charge is 2.21. The van der Waals surface area contributed by atoms with Gasteiger partial charge in [0.25, 0.3) is 0 Å². The number of rotatable bonds is 4. The predicted molar refractivity (Wildman–Crippen MR) is 66.8 cm³/mol. The highest BCUT2D eigenvalue weighted by Crippen LogP contribution is 2.26. The van der Waals surface area contributed by atoms with Crippen LogP contribution in [0.25, 0.3) is 11.5 Å². The van der Waals surface area contributed by atoms with E-state index in [-0.39, 0.29) is 11.7 Å². The molecule has 18 heavy (non-hydrogen) atoms. The van der Waals surface area contributed by atoms with E-state index in [0.717, 1.165) is 5.69 Å². The fourth-order valence-electron chi connectivity index (χ4n) is 1.71. The molecule has 3 nitrogen and oxygen atoms in total. The van der Waals surface area contributed by atoms with E-state index in [1.54, 1.807) is 6.26 Å². The average Bonchev–Trinajstić information content (AvgIpc) is 3.08. The van der Waals surface area contributed by atoms with Gasteiger partial charge in [-0.05, 0) is 31.0 Å². The first-order valence-electron chi connectivity index (χ1n) is 5.85. The first-order chi connectivity index (χ1) is 8.72. The van der Waals surface area contributed by atoms with Crippen LogP contribution >= 0.6 is 11.6 Å². The third-order valence-electron chi connectivity index (χ3n) is 2.86. The molecule has 1 N–H and O–H groups in total. The Balaban J connectivity index is 1.80. The number of oxazole rings is 1. The van der Waals surface area contributed by atoms with Crippen molar-refractivity contribution in [2.45, 2.75) is 25.4 Å². The monoisotopic (exact) mass is 266 g/mol. The summed E-state index contributed by atoms with van der Waals surface area (Å²) in [5.74, 6) is -0.120. The van der Waals surface area contributed by atoms with E-state index in [9.17, 15) is 4.39 Å². The smallest absolute Gasteiger partial charge is 0.229 e. The molecule has 5 heteroatoms. The lowest BCUT2D eigenvalue weighted by Crippen LogP contribution is -2.15. The predicted octanol–water partition coefficient (Wildman–Crippen LogP) is 3.39. The zero-order valence-corrected chi connectivity index (χ0v) is 10.4. The third kappa shape index (κ3) is 2.54. The van der Waals surface area contributed by atoms with Crippen LogP contribution in [0.5, 0.6) is 0 Å². The molecular formula is C13H12ClFN2O. The summed E-state index contributed by atoms with van der Waals surface area (Å²) in [6, 6.07) is 4.93. The fourth-order valence-corrected chi connectivity index (χ4v) is 1.88. The lowest BCUT2D eigenvalue weighted by Gasteiger charge is -1.99. The van der Waals surface area contributed by atoms with E-state index >= 15 is 0 Å². The lowest BCUT2D eigenvalue weighted by atomic mass is 10.2. The van der Waals surface area contributed by atoms with Crippen molar-refractivity contribution in [3.63, 3.8) is 0 Å². The minimum Gasteiger partial charge on any atom is -0.444 e. The van der Waals surface area contributed by atoms with Crippen molar-refractivity contribution in [2.24, 2.45) is 0 Å². The second-order valence-electron chi connectivity index (χ2n) is 4.42. The Hall–Kier alpha value is -1.39. The molecule has 0 atom stereocenters. The largest absolute Gasteiger partial charge is 0.444 e. The number of benzene rings is 1. The van der Waals surface area contributed by atoms with Crippen LogP contribution in [0.4, 0.5) is 4.39 Å². The molecule has 0 bridgehead atoms. The SMILES string of the molecule is Fc1ccc(Cl)cc1-c1nc(CNC2CC2)co1. The summed E-state index contributed by atoms with van der Waals surface area (Å²) in [6.45, 7) is 0.649. The van der Waals surface area contributed by atoms with Gasteiger partial charge in [0, 0.05) is 17.6 Å². The quantitative estimate of drug-likeness (QED) is 0.922. The second-order valence-corrected chi connectivity index (χ2v) is 4.86. The van der Waals surface area contributed by atoms with Gasteiger partial charge in [0.15, 0.2) is 0 Å². The molecule has 0 saturated heterocycles. The molecule has 1 aromatic heterocycles. The normalized spacial score (nSPS) is 15.0. The van der Waals surface area contributed by atoms with Crippen molar-refractivity contribution in [3.05, 3.63) is 41.0 Å². The van der Waals surface area contributed by atoms with Crippen molar-refractivity contribution in [1.82, 2.24) is 10.3 Å². The van der Waals surface area contributed by atoms with Crippen molar-refractivity contribution in [3.8, 4) is 11.5 Å². The van der Waals surface area contributed by atoms with Crippen LogP contribution in [0.15, 0.2) is 28.9 Å². The van der Waals surface area contributed by atoms with Crippen LogP contribution < -0.4 is 5.32 Å². The summed E-state index contributed by atoms with van der Waals surface area (Å²) in [5, 5.41) is 3.78. The maximum atomic E-state index is 13.6. The van der Waals surface area contributed by atoms with E-state index in [2.05, 4.69) is 10.3 Å². The van der Waals surface area contributed by atoms with Crippen LogP contribution in [0.1, 0.15) is 18.5 Å². The summed E-state index contributed by atoms with van der Waals surface area (Å²) < 4.78 is 18.9. The van der Waals surface area contributed by atoms with Crippen molar-refractivity contribution >= 4 is 11.6 Å². The van der Waals surface area contributed by atoms with Gasteiger partial charge in [-0.25, -0.2) is 9.37 Å². The molecule has 0 unspecified atom stereocenters. The van der Waals surface area contributed by atoms with E-state index in [1.165, 1.54) is 31.0 Å². The van der Waals surface area contributed by atoms with Crippen LogP contribution in [0, 0.1) is 5.82 Å². The Kier molecular flexibility index (Phi) is 3.06. The topological polar surface area (TPSA) is 38.1 Å². The van der Waals surface area contributed by atoms with Gasteiger partial charge in [0.05, 0.1) is 11.3 Å². The molecule has 1 saturated carbocycles. The van der Waals surface area contributed by atoms with Gasteiger partial charge in [-0.15, -0.1) is 0 Å². The van der Waals surface area contributed by atoms with Crippen molar-refractivity contribution in [2.75, 3.05) is 0 Å². The number of nitrogens with zero attached hydrogens (tertiary/aromatic N) is 1. The molecule has 3 rings (SSSR count). The molecule has 1 heterocycles. The Morgan fingerprint density at radius 2 is 2.28 bits per heavy atom. The van der Waals surface area contributed by atoms with Gasteiger partial charge >= 0.3 is 0 Å². The molecular weight excluding hydrogens is 255 g/mol. The standard InChI is InChI=1S/C13H12ClFN2O/c14-8-1-4-12(15)11(5-8)13-17-10(7-18-13)6-16-9-2-3-9/h1,4-5,7,9,16H,2-3,6H2. The van der Waals surface area contributed by atoms with Crippen LogP contribution in [0.2, 0.25) is 5.02 Å². The molecule has 1 aliphatic rings. The highest BCUT2D eigenvalue weighted by atomic mass is 35.5. The third-order valence-corrected chi connectivity index (χ3v) is 3.09. The van der Waals surface area contributed by atoms with E-state index in [1.807, 2.05) is 0 Å². The molecule has 1 fully saturated rings. The van der Waals surface area contributed by atoms with Gasteiger partial charge in [0.2, 0.25) is 5.89 Å². The zero-order chi connectivity index (χ0) is 12.5. The van der Waals surface area contributed by atoms with E-state index in [0.29, 0.717) is 23.2 Å². The summed E-state index contributed by atoms with van der Waals surface area (Å²) in [7, 11) is 0. The second kappa shape index (κ2) is 4.71. The summed E-state index contributed by atoms with van der Waals surface area (Å²) in [5.41, 5.74) is 1.07. The average molecular weight is 267 g/mol. The summed E-state index contributed by atoms with van der Waals surface area (Å²) in [4.78, 5) is 4.25. The van der Waals surface area contributed by atoms with Crippen LogP contribution in [-0.4, -0.2) is 11.0 Å². The van der Waals surface area contributed by atoms with Gasteiger partial charge in [-0.2, -0.15) is 0 Å². The van der Waals surface area contributed by atoms with Crippen LogP contribution in [-0.2, 0) is 6.54 Å². The molecule has 2 aromatic rings. The first kappa shape index (κ1) is 11.7. The van der Waals surface area contributed by atoms with E-state index < -0.39 is 0 Å². The van der Waals surface area contributed by atoms with Gasteiger partial charge in [-0.1, -0.05) is 11.6 Å². The molecule has 0 radical (unpaired) electrons. The Bertz CT molecular complexity index is 566. The van der Waals surface area contributed by atoms with Gasteiger partial charge < -0.3 is 9.73 Å². The molecule has 1 aliphatic carbocycles. The number of halogens is 2. The first-order valence-corrected chi connectivity index (χ1v) is 6.23. The zero-order valence-electron chi connectivity index (χ0n) is 9.62. The fraction of sp³-hybridized carbons (Fsp3) is 0.308. The molecule has 94 valence electrons. The summed E-state index contributed by atoms with van der Waals surface area (Å²) in [6.07, 6.45) is 3.98. The van der Waals surface area contributed by atoms with E-state index in [4.69, 9.17) is 16.0 Å². The molecule has 0 aliphatic heterocycles. The number of hydrogen-bond donors (Lipinski definition) is 1. The van der Waals surface area contributed by atoms with Crippen molar-refractivity contribution in [1.29, 1.82) is 0 Å². The van der Waals surface area contributed by atoms with Gasteiger partial charge in [-0.3, -0.25) is 0 Å². The number of aromatic nitrogens is 1.